The molecule has 0 aliphatic carbocycles. The highest BCUT2D eigenvalue weighted by Gasteiger charge is 2.18. The van der Waals surface area contributed by atoms with E-state index in [2.05, 4.69) is 15.6 Å². The molecule has 0 aliphatic heterocycles. The zero-order valence-corrected chi connectivity index (χ0v) is 11.0. The number of pyridine rings is 1. The lowest BCUT2D eigenvalue weighted by atomic mass is 10.2. The van der Waals surface area contributed by atoms with Crippen LogP contribution in [0.5, 0.6) is 5.88 Å². The summed E-state index contributed by atoms with van der Waals surface area (Å²) in [5, 5.41) is 22.3. The van der Waals surface area contributed by atoms with Gasteiger partial charge in [0.1, 0.15) is 6.04 Å². The maximum absolute atomic E-state index is 11.5. The number of nitrogens with zero attached hydrogens (tertiary/aromatic N) is 1. The smallest absolute Gasteiger partial charge is 0.326 e. The number of methoxy groups -OCH3 is 1. The van der Waals surface area contributed by atoms with Gasteiger partial charge in [-0.3, -0.25) is 0 Å². The van der Waals surface area contributed by atoms with E-state index >= 15 is 0 Å². The van der Waals surface area contributed by atoms with Crippen LogP contribution in [-0.4, -0.2) is 47.0 Å². The lowest BCUT2D eigenvalue weighted by molar-refractivity contribution is -0.139. The van der Waals surface area contributed by atoms with Gasteiger partial charge in [0.15, 0.2) is 0 Å². The van der Waals surface area contributed by atoms with Crippen molar-refractivity contribution in [1.82, 2.24) is 15.6 Å². The molecule has 0 unspecified atom stereocenters. The van der Waals surface area contributed by atoms with Gasteiger partial charge < -0.3 is 25.6 Å². The number of nitrogens with one attached hydrogen (secondary N) is 2. The van der Waals surface area contributed by atoms with Crippen molar-refractivity contribution in [3.8, 4) is 5.88 Å². The fourth-order valence-corrected chi connectivity index (χ4v) is 1.45. The molecule has 8 nitrogen and oxygen atoms in total. The molecule has 0 saturated carbocycles. The number of carbonyl (C=O) groups is 2. The van der Waals surface area contributed by atoms with Gasteiger partial charge in [-0.15, -0.1) is 0 Å². The molecule has 0 radical (unpaired) electrons. The van der Waals surface area contributed by atoms with Crippen molar-refractivity contribution < 1.29 is 24.5 Å². The number of aliphatic carboxylic acids is 1. The second-order valence-electron chi connectivity index (χ2n) is 3.94. The van der Waals surface area contributed by atoms with Gasteiger partial charge in [0.25, 0.3) is 0 Å². The highest BCUT2D eigenvalue weighted by atomic mass is 16.5. The molecule has 8 heteroatoms. The molecule has 0 bridgehead atoms. The van der Waals surface area contributed by atoms with Gasteiger partial charge in [-0.1, -0.05) is 0 Å². The van der Waals surface area contributed by atoms with Crippen molar-refractivity contribution in [3.63, 3.8) is 0 Å². The van der Waals surface area contributed by atoms with E-state index in [-0.39, 0.29) is 19.6 Å². The van der Waals surface area contributed by atoms with Crippen LogP contribution in [0.2, 0.25) is 0 Å². The van der Waals surface area contributed by atoms with Crippen molar-refractivity contribution in [1.29, 1.82) is 0 Å². The number of aliphatic hydroxyl groups excluding tert-OH is 1. The lowest BCUT2D eigenvalue weighted by Crippen LogP contribution is -2.46. The summed E-state index contributed by atoms with van der Waals surface area (Å²) in [6, 6.07) is 1.61. The van der Waals surface area contributed by atoms with Gasteiger partial charge >= 0.3 is 12.0 Å². The van der Waals surface area contributed by atoms with Gasteiger partial charge in [0, 0.05) is 31.8 Å². The zero-order chi connectivity index (χ0) is 15.0. The predicted octanol–water partition coefficient (Wildman–Crippen LogP) is -0.275. The molecule has 1 aromatic rings. The number of ether oxygens (including phenoxy) is 1. The molecule has 20 heavy (non-hydrogen) atoms. The first-order valence-corrected chi connectivity index (χ1v) is 5.93. The first-order valence-electron chi connectivity index (χ1n) is 5.93. The summed E-state index contributed by atoms with van der Waals surface area (Å²) in [6.07, 6.45) is 1.49. The van der Waals surface area contributed by atoms with Crippen LogP contribution in [0.1, 0.15) is 12.0 Å². The highest BCUT2D eigenvalue weighted by Crippen LogP contribution is 2.07. The molecule has 0 fully saturated rings. The summed E-state index contributed by atoms with van der Waals surface area (Å²) in [7, 11) is 1.48. The van der Waals surface area contributed by atoms with Crippen LogP contribution in [-0.2, 0) is 11.3 Å². The Bertz CT molecular complexity index is 466. The first kappa shape index (κ1) is 15.7. The molecule has 110 valence electrons. The largest absolute Gasteiger partial charge is 0.481 e. The molecule has 0 saturated heterocycles. The van der Waals surface area contributed by atoms with Crippen molar-refractivity contribution >= 4 is 12.0 Å². The summed E-state index contributed by atoms with van der Waals surface area (Å²) in [5.74, 6) is -0.770. The molecule has 1 rings (SSSR count). The number of aliphatic hydroxyl groups is 1. The second kappa shape index (κ2) is 7.95. The van der Waals surface area contributed by atoms with Gasteiger partial charge in [0.05, 0.1) is 7.11 Å². The van der Waals surface area contributed by atoms with E-state index in [4.69, 9.17) is 14.9 Å². The van der Waals surface area contributed by atoms with Crippen LogP contribution in [0.25, 0.3) is 0 Å². The topological polar surface area (TPSA) is 121 Å². The first-order chi connectivity index (χ1) is 9.56. The van der Waals surface area contributed by atoms with Crippen LogP contribution >= 0.6 is 0 Å². The third kappa shape index (κ3) is 5.11. The number of amides is 2. The van der Waals surface area contributed by atoms with Crippen molar-refractivity contribution in [2.75, 3.05) is 13.7 Å². The van der Waals surface area contributed by atoms with E-state index in [1.165, 1.54) is 7.11 Å². The standard InChI is InChI=1S/C12H17N3O5/c1-20-10-6-8(2-4-13-10)7-14-12(19)15-9(3-5-16)11(17)18/h2,4,6,9,16H,3,5,7H2,1H3,(H,17,18)(H2,14,15,19)/t9-/m0/s1. The van der Waals surface area contributed by atoms with E-state index in [1.807, 2.05) is 0 Å². The average molecular weight is 283 g/mol. The molecular formula is C12H17N3O5. The number of urea groups is 1. The zero-order valence-electron chi connectivity index (χ0n) is 11.0. The maximum atomic E-state index is 11.5. The SMILES string of the molecule is COc1cc(CNC(=O)N[C@@H](CCO)C(=O)O)ccn1. The minimum Gasteiger partial charge on any atom is -0.481 e. The Morgan fingerprint density at radius 1 is 1.50 bits per heavy atom. The number of carbonyl (C=O) groups excluding carboxylic acids is 1. The Labute approximate surface area is 115 Å². The van der Waals surface area contributed by atoms with Crippen LogP contribution < -0.4 is 15.4 Å². The van der Waals surface area contributed by atoms with E-state index < -0.39 is 18.0 Å². The molecule has 1 aromatic heterocycles. The van der Waals surface area contributed by atoms with E-state index in [0.29, 0.717) is 5.88 Å². The number of hydrogen-bond donors (Lipinski definition) is 4. The predicted molar refractivity (Wildman–Crippen MR) is 69.3 cm³/mol. The van der Waals surface area contributed by atoms with Crippen molar-refractivity contribution in [2.45, 2.75) is 19.0 Å². The second-order valence-corrected chi connectivity index (χ2v) is 3.94. The maximum Gasteiger partial charge on any atom is 0.326 e. The Hall–Kier alpha value is -2.35. The minimum atomic E-state index is -1.19. The normalized spacial score (nSPS) is 11.5. The summed E-state index contributed by atoms with van der Waals surface area (Å²) >= 11 is 0. The third-order valence-electron chi connectivity index (χ3n) is 2.48. The van der Waals surface area contributed by atoms with Gasteiger partial charge in [-0.2, -0.15) is 0 Å². The summed E-state index contributed by atoms with van der Waals surface area (Å²) in [4.78, 5) is 26.3. The van der Waals surface area contributed by atoms with Gasteiger partial charge in [0.2, 0.25) is 5.88 Å². The summed E-state index contributed by atoms with van der Waals surface area (Å²) in [5.41, 5.74) is 0.765. The summed E-state index contributed by atoms with van der Waals surface area (Å²) in [6.45, 7) is -0.116. The van der Waals surface area contributed by atoms with Crippen LogP contribution in [0.3, 0.4) is 0 Å². The Balaban J connectivity index is 2.47. The van der Waals surface area contributed by atoms with Crippen LogP contribution in [0.15, 0.2) is 18.3 Å². The fourth-order valence-electron chi connectivity index (χ4n) is 1.45. The number of carboxylic acids is 1. The third-order valence-corrected chi connectivity index (χ3v) is 2.48. The molecular weight excluding hydrogens is 266 g/mol. The highest BCUT2D eigenvalue weighted by molar-refractivity contribution is 5.82. The van der Waals surface area contributed by atoms with E-state index in [1.54, 1.807) is 18.3 Å². The van der Waals surface area contributed by atoms with Crippen molar-refractivity contribution in [2.24, 2.45) is 0 Å². The molecule has 0 aliphatic rings. The van der Waals surface area contributed by atoms with Crippen molar-refractivity contribution in [3.05, 3.63) is 23.9 Å². The van der Waals surface area contributed by atoms with Gasteiger partial charge in [-0.05, 0) is 11.6 Å². The van der Waals surface area contributed by atoms with Crippen LogP contribution in [0.4, 0.5) is 4.79 Å². The Morgan fingerprint density at radius 3 is 2.85 bits per heavy atom. The van der Waals surface area contributed by atoms with E-state index in [9.17, 15) is 9.59 Å². The van der Waals surface area contributed by atoms with Gasteiger partial charge in [-0.25, -0.2) is 14.6 Å². The molecule has 0 aromatic carbocycles. The molecule has 1 atom stereocenters. The summed E-state index contributed by atoms with van der Waals surface area (Å²) < 4.78 is 4.94. The Kier molecular flexibility index (Phi) is 6.24. The number of carboxylic acid groups (broad SMARTS) is 1. The lowest BCUT2D eigenvalue weighted by Gasteiger charge is -2.14. The monoisotopic (exact) mass is 283 g/mol. The quantitative estimate of drug-likeness (QED) is 0.546. The minimum absolute atomic E-state index is 0.0498. The molecule has 2 amide bonds. The fraction of sp³-hybridized carbons (Fsp3) is 0.417. The number of hydrogen-bond acceptors (Lipinski definition) is 5. The molecule has 0 spiro atoms. The van der Waals surface area contributed by atoms with Crippen LogP contribution in [0, 0.1) is 0 Å². The molecule has 1 heterocycles. The number of aromatic nitrogens is 1. The average Bonchev–Trinajstić information content (AvgIpc) is 2.44. The Morgan fingerprint density at radius 2 is 2.25 bits per heavy atom. The van der Waals surface area contributed by atoms with E-state index in [0.717, 1.165) is 5.56 Å². The molecule has 4 N–H and O–H groups in total. The number of rotatable bonds is 7.